The highest BCUT2D eigenvalue weighted by Gasteiger charge is 2.26. The van der Waals surface area contributed by atoms with E-state index in [4.69, 9.17) is 4.74 Å². The van der Waals surface area contributed by atoms with Crippen molar-refractivity contribution in [3.8, 4) is 0 Å². The van der Waals surface area contributed by atoms with E-state index >= 15 is 0 Å². The molecule has 1 aromatic rings. The summed E-state index contributed by atoms with van der Waals surface area (Å²) in [6.45, 7) is 4.18. The van der Waals surface area contributed by atoms with Crippen molar-refractivity contribution in [2.75, 3.05) is 37.7 Å². The second-order valence-electron chi connectivity index (χ2n) is 4.54. The average Bonchev–Trinajstić information content (AvgIpc) is 2.43. The number of fused-ring (bicyclic) bond motifs is 1. The summed E-state index contributed by atoms with van der Waals surface area (Å²) in [7, 11) is 0. The predicted molar refractivity (Wildman–Crippen MR) is 78.2 cm³/mol. The fraction of sp³-hybridized carbons (Fsp3) is 0.462. The molecule has 0 aromatic heterocycles. The first-order chi connectivity index (χ1) is 8.77. The van der Waals surface area contributed by atoms with Gasteiger partial charge < -0.3 is 9.64 Å². The third-order valence-corrected chi connectivity index (χ3v) is 4.43. The van der Waals surface area contributed by atoms with E-state index in [0.717, 1.165) is 44.8 Å². The molecule has 1 aromatic carbocycles. The highest BCUT2D eigenvalue weighted by molar-refractivity contribution is 14.1. The van der Waals surface area contributed by atoms with E-state index in [0.29, 0.717) is 0 Å². The minimum Gasteiger partial charge on any atom is -0.378 e. The number of amides is 1. The molecular weight excluding hydrogens is 343 g/mol. The number of hydrogen-bond acceptors (Lipinski definition) is 3. The molecule has 0 bridgehead atoms. The number of nitrogens with zero attached hydrogens (tertiary/aromatic N) is 2. The lowest BCUT2D eigenvalue weighted by Gasteiger charge is -2.33. The molecule has 0 saturated carbocycles. The summed E-state index contributed by atoms with van der Waals surface area (Å²) in [5.41, 5.74) is 3.28. The van der Waals surface area contributed by atoms with Gasteiger partial charge in [0.25, 0.3) is 5.91 Å². The van der Waals surface area contributed by atoms with Crippen LogP contribution in [0.3, 0.4) is 0 Å². The summed E-state index contributed by atoms with van der Waals surface area (Å²) in [5, 5.41) is 0. The lowest BCUT2D eigenvalue weighted by molar-refractivity contribution is 0.0878. The van der Waals surface area contributed by atoms with Crippen LogP contribution >= 0.6 is 22.9 Å². The number of anilines is 1. The number of halogens is 1. The minimum atomic E-state index is 0.131. The maximum absolute atomic E-state index is 12.1. The smallest absolute Gasteiger partial charge is 0.262 e. The molecule has 5 heteroatoms. The number of benzene rings is 1. The van der Waals surface area contributed by atoms with Crippen LogP contribution in [-0.2, 0) is 11.2 Å². The Balaban J connectivity index is 1.98. The number of morpholine rings is 1. The largest absolute Gasteiger partial charge is 0.378 e. The van der Waals surface area contributed by atoms with Crippen LogP contribution in [0, 0.1) is 0 Å². The van der Waals surface area contributed by atoms with Crippen LogP contribution in [0.5, 0.6) is 0 Å². The standard InChI is InChI=1S/C13H15IN2O2/c14-16-5-4-10-11(13(16)17)2-1-3-12(10)15-6-8-18-9-7-15/h1-3H,4-9H2. The highest BCUT2D eigenvalue weighted by Crippen LogP contribution is 2.30. The van der Waals surface area contributed by atoms with Gasteiger partial charge in [0.05, 0.1) is 36.1 Å². The van der Waals surface area contributed by atoms with E-state index in [1.807, 2.05) is 12.1 Å². The monoisotopic (exact) mass is 358 g/mol. The molecule has 0 unspecified atom stereocenters. The second-order valence-corrected chi connectivity index (χ2v) is 5.71. The van der Waals surface area contributed by atoms with Gasteiger partial charge in [0.1, 0.15) is 0 Å². The third-order valence-electron chi connectivity index (χ3n) is 3.51. The number of ether oxygens (including phenoxy) is 1. The van der Waals surface area contributed by atoms with Crippen LogP contribution in [0.4, 0.5) is 5.69 Å². The molecule has 0 spiro atoms. The van der Waals surface area contributed by atoms with E-state index in [1.54, 1.807) is 3.11 Å². The molecule has 1 fully saturated rings. The molecule has 96 valence electrons. The van der Waals surface area contributed by atoms with Gasteiger partial charge in [-0.25, -0.2) is 0 Å². The summed E-state index contributed by atoms with van der Waals surface area (Å²) in [5.74, 6) is 0.131. The first-order valence-corrected chi connectivity index (χ1v) is 7.16. The van der Waals surface area contributed by atoms with E-state index in [9.17, 15) is 4.79 Å². The Morgan fingerprint density at radius 2 is 1.94 bits per heavy atom. The van der Waals surface area contributed by atoms with Crippen molar-refractivity contribution < 1.29 is 9.53 Å². The number of carbonyl (C=O) groups excluding carboxylic acids is 1. The van der Waals surface area contributed by atoms with Gasteiger partial charge in [0.2, 0.25) is 0 Å². The van der Waals surface area contributed by atoms with Crippen molar-refractivity contribution in [2.24, 2.45) is 0 Å². The van der Waals surface area contributed by atoms with Crippen LogP contribution in [-0.4, -0.2) is 41.9 Å². The molecule has 4 nitrogen and oxygen atoms in total. The number of hydrogen-bond donors (Lipinski definition) is 0. The Hall–Kier alpha value is -0.820. The lowest BCUT2D eigenvalue weighted by Crippen LogP contribution is -2.38. The SMILES string of the molecule is O=C1c2cccc(N3CCOCC3)c2CCN1I. The normalized spacial score (nSPS) is 19.9. The maximum atomic E-state index is 12.1. The molecule has 0 N–H and O–H groups in total. The van der Waals surface area contributed by atoms with Gasteiger partial charge in [-0.1, -0.05) is 6.07 Å². The van der Waals surface area contributed by atoms with Gasteiger partial charge in [-0.05, 0) is 24.1 Å². The van der Waals surface area contributed by atoms with Crippen LogP contribution in [0.2, 0.25) is 0 Å². The van der Waals surface area contributed by atoms with Crippen LogP contribution in [0.25, 0.3) is 0 Å². The highest BCUT2D eigenvalue weighted by atomic mass is 127. The summed E-state index contributed by atoms with van der Waals surface area (Å²) >= 11 is 2.10. The molecule has 2 aliphatic rings. The zero-order chi connectivity index (χ0) is 12.5. The molecule has 2 heterocycles. The van der Waals surface area contributed by atoms with Gasteiger partial charge in [0, 0.05) is 30.9 Å². The van der Waals surface area contributed by atoms with Crippen molar-refractivity contribution in [1.82, 2.24) is 3.11 Å². The maximum Gasteiger partial charge on any atom is 0.262 e. The molecule has 0 atom stereocenters. The first-order valence-electron chi connectivity index (χ1n) is 6.19. The van der Waals surface area contributed by atoms with Gasteiger partial charge in [-0.3, -0.25) is 7.91 Å². The summed E-state index contributed by atoms with van der Waals surface area (Å²) < 4.78 is 7.15. The van der Waals surface area contributed by atoms with Gasteiger partial charge in [0.15, 0.2) is 0 Å². The summed E-state index contributed by atoms with van der Waals surface area (Å²) in [6, 6.07) is 6.05. The second kappa shape index (κ2) is 5.05. The Labute approximate surface area is 120 Å². The van der Waals surface area contributed by atoms with Crippen molar-refractivity contribution in [1.29, 1.82) is 0 Å². The molecule has 0 radical (unpaired) electrons. The van der Waals surface area contributed by atoms with E-state index in [-0.39, 0.29) is 5.91 Å². The van der Waals surface area contributed by atoms with Crippen molar-refractivity contribution in [2.45, 2.75) is 6.42 Å². The Bertz CT molecular complexity index is 472. The fourth-order valence-electron chi connectivity index (χ4n) is 2.58. The van der Waals surface area contributed by atoms with Gasteiger partial charge in [-0.15, -0.1) is 0 Å². The molecule has 0 aliphatic carbocycles. The van der Waals surface area contributed by atoms with E-state index in [1.165, 1.54) is 11.3 Å². The van der Waals surface area contributed by atoms with Crippen molar-refractivity contribution in [3.63, 3.8) is 0 Å². The van der Waals surface area contributed by atoms with Gasteiger partial charge in [-0.2, -0.15) is 0 Å². The lowest BCUT2D eigenvalue weighted by atomic mass is 9.97. The third kappa shape index (κ3) is 2.09. The van der Waals surface area contributed by atoms with Crippen LogP contribution in [0.15, 0.2) is 18.2 Å². The molecule has 18 heavy (non-hydrogen) atoms. The molecule has 2 aliphatic heterocycles. The average molecular weight is 358 g/mol. The quantitative estimate of drug-likeness (QED) is 0.568. The Morgan fingerprint density at radius 1 is 1.17 bits per heavy atom. The number of rotatable bonds is 1. The Morgan fingerprint density at radius 3 is 2.72 bits per heavy atom. The molecule has 3 rings (SSSR count). The molecular formula is C13H15IN2O2. The minimum absolute atomic E-state index is 0.131. The zero-order valence-electron chi connectivity index (χ0n) is 10.1. The summed E-state index contributed by atoms with van der Waals surface area (Å²) in [4.78, 5) is 14.5. The summed E-state index contributed by atoms with van der Waals surface area (Å²) in [6.07, 6.45) is 0.942. The fourth-order valence-corrected chi connectivity index (χ4v) is 3.08. The van der Waals surface area contributed by atoms with Crippen LogP contribution in [0.1, 0.15) is 15.9 Å². The predicted octanol–water partition coefficient (Wildman–Crippen LogP) is 1.87. The van der Waals surface area contributed by atoms with Crippen molar-refractivity contribution >= 4 is 34.5 Å². The Kier molecular flexibility index (Phi) is 3.43. The van der Waals surface area contributed by atoms with Gasteiger partial charge >= 0.3 is 0 Å². The number of carbonyl (C=O) groups is 1. The van der Waals surface area contributed by atoms with E-state index in [2.05, 4.69) is 33.8 Å². The molecule has 1 saturated heterocycles. The first kappa shape index (κ1) is 12.2. The van der Waals surface area contributed by atoms with E-state index < -0.39 is 0 Å². The zero-order valence-corrected chi connectivity index (χ0v) is 12.2. The topological polar surface area (TPSA) is 32.8 Å². The van der Waals surface area contributed by atoms with Crippen LogP contribution < -0.4 is 4.90 Å². The van der Waals surface area contributed by atoms with Crippen molar-refractivity contribution in [3.05, 3.63) is 29.3 Å². The molecule has 1 amide bonds.